The minimum absolute atomic E-state index is 0.0875. The lowest BCUT2D eigenvalue weighted by molar-refractivity contribution is -0.127. The predicted molar refractivity (Wildman–Crippen MR) is 111 cm³/mol. The van der Waals surface area contributed by atoms with Crippen LogP contribution in [0.4, 0.5) is 0 Å². The monoisotopic (exact) mass is 444 g/mol. The van der Waals surface area contributed by atoms with Gasteiger partial charge in [-0.2, -0.15) is 0 Å². The van der Waals surface area contributed by atoms with E-state index in [2.05, 4.69) is 5.32 Å². The number of nitrogens with one attached hydrogen (secondary N) is 1. The Morgan fingerprint density at radius 1 is 1.07 bits per heavy atom. The second-order valence-electron chi connectivity index (χ2n) is 8.47. The molecule has 1 aliphatic heterocycles. The average Bonchev–Trinajstić information content (AvgIpc) is 3.28. The zero-order chi connectivity index (χ0) is 19.9. The number of carbonyl (C=O) groups excluding carboxylic acids is 1. The molecule has 3 atom stereocenters. The summed E-state index contributed by atoms with van der Waals surface area (Å²) in [4.78, 5) is 12.6. The largest absolute Gasteiger partial charge is 0.353 e. The Balaban J connectivity index is 1.30. The Morgan fingerprint density at radius 3 is 2.43 bits per heavy atom. The second-order valence-corrected chi connectivity index (χ2v) is 11.3. The molecule has 4 rings (SSSR count). The lowest BCUT2D eigenvalue weighted by atomic mass is 9.93. The Kier molecular flexibility index (Phi) is 5.94. The van der Waals surface area contributed by atoms with Crippen LogP contribution in [0.1, 0.15) is 44.1 Å². The first-order chi connectivity index (χ1) is 13.3. The van der Waals surface area contributed by atoms with Gasteiger partial charge < -0.3 is 5.32 Å². The Hall–Kier alpha value is -0.820. The van der Waals surface area contributed by atoms with Gasteiger partial charge in [-0.3, -0.25) is 4.79 Å². The van der Waals surface area contributed by atoms with Crippen molar-refractivity contribution in [2.24, 2.45) is 17.8 Å². The van der Waals surface area contributed by atoms with Crippen molar-refractivity contribution in [1.82, 2.24) is 9.62 Å². The molecular formula is C20H26Cl2N2O3S. The molecule has 3 aliphatic rings. The van der Waals surface area contributed by atoms with E-state index in [-0.39, 0.29) is 17.6 Å². The van der Waals surface area contributed by atoms with Crippen molar-refractivity contribution < 1.29 is 13.2 Å². The lowest BCUT2D eigenvalue weighted by Gasteiger charge is -2.32. The molecule has 8 heteroatoms. The van der Waals surface area contributed by atoms with E-state index in [9.17, 15) is 13.2 Å². The van der Waals surface area contributed by atoms with E-state index >= 15 is 0 Å². The molecular weight excluding hydrogens is 419 g/mol. The Labute approximate surface area is 176 Å². The second kappa shape index (κ2) is 8.13. The zero-order valence-electron chi connectivity index (χ0n) is 15.7. The zero-order valence-corrected chi connectivity index (χ0v) is 18.1. The van der Waals surface area contributed by atoms with Crippen molar-refractivity contribution in [2.45, 2.75) is 50.3 Å². The van der Waals surface area contributed by atoms with E-state index in [0.717, 1.165) is 12.3 Å². The molecule has 2 aliphatic carbocycles. The van der Waals surface area contributed by atoms with Gasteiger partial charge in [0.25, 0.3) is 0 Å². The van der Waals surface area contributed by atoms with Gasteiger partial charge in [0.15, 0.2) is 0 Å². The standard InChI is InChI=1S/C20H26Cl2N2O3S/c21-17-4-2-14(10-18(17)22)12-28(26,27)24-7-5-15(6-8-24)20(25)23-19-11-13-1-3-16(19)9-13/h2,4,10,13,15-16,19H,1,3,5-9,11-12H2,(H,23,25)/t13-,16-,19-/m1/s1. The number of halogens is 2. The van der Waals surface area contributed by atoms with Crippen molar-refractivity contribution in [3.63, 3.8) is 0 Å². The maximum Gasteiger partial charge on any atom is 0.223 e. The fraction of sp³-hybridized carbons (Fsp3) is 0.650. The molecule has 3 fully saturated rings. The maximum absolute atomic E-state index is 12.7. The number of benzene rings is 1. The molecule has 28 heavy (non-hydrogen) atoms. The van der Waals surface area contributed by atoms with Crippen LogP contribution in [0.15, 0.2) is 18.2 Å². The number of rotatable bonds is 5. The van der Waals surface area contributed by atoms with Crippen molar-refractivity contribution in [3.8, 4) is 0 Å². The summed E-state index contributed by atoms with van der Waals surface area (Å²) >= 11 is 11.9. The van der Waals surface area contributed by atoms with Gasteiger partial charge in [-0.1, -0.05) is 35.7 Å². The van der Waals surface area contributed by atoms with Gasteiger partial charge in [0, 0.05) is 25.0 Å². The molecule has 1 aromatic rings. The number of fused-ring (bicyclic) bond motifs is 2. The normalized spacial score (nSPS) is 28.6. The summed E-state index contributed by atoms with van der Waals surface area (Å²) < 4.78 is 27.0. The molecule has 0 spiro atoms. The molecule has 0 unspecified atom stereocenters. The van der Waals surface area contributed by atoms with E-state index < -0.39 is 10.0 Å². The number of amides is 1. The smallest absolute Gasteiger partial charge is 0.223 e. The van der Waals surface area contributed by atoms with Crippen LogP contribution in [0.5, 0.6) is 0 Å². The molecule has 1 saturated heterocycles. The lowest BCUT2D eigenvalue weighted by Crippen LogP contribution is -2.46. The SMILES string of the molecule is O=C(N[C@@H]1C[C@@H]2CC[C@@H]1C2)C1CCN(S(=O)(=O)Cc2ccc(Cl)c(Cl)c2)CC1. The van der Waals surface area contributed by atoms with Crippen LogP contribution >= 0.6 is 23.2 Å². The van der Waals surface area contributed by atoms with Crippen molar-refractivity contribution in [3.05, 3.63) is 33.8 Å². The van der Waals surface area contributed by atoms with Crippen LogP contribution in [0.2, 0.25) is 10.0 Å². The van der Waals surface area contributed by atoms with Gasteiger partial charge in [0.2, 0.25) is 15.9 Å². The summed E-state index contributed by atoms with van der Waals surface area (Å²) in [6.45, 7) is 0.775. The molecule has 0 radical (unpaired) electrons. The van der Waals surface area contributed by atoms with Crippen LogP contribution in [-0.2, 0) is 20.6 Å². The summed E-state index contributed by atoms with van der Waals surface area (Å²) in [5.74, 6) is 1.37. The minimum Gasteiger partial charge on any atom is -0.353 e. The summed E-state index contributed by atoms with van der Waals surface area (Å²) in [5.41, 5.74) is 0.616. The Morgan fingerprint density at radius 2 is 1.82 bits per heavy atom. The number of sulfonamides is 1. The van der Waals surface area contributed by atoms with E-state index in [1.165, 1.54) is 23.6 Å². The maximum atomic E-state index is 12.7. The molecule has 154 valence electrons. The average molecular weight is 445 g/mol. The number of hydrogen-bond donors (Lipinski definition) is 1. The van der Waals surface area contributed by atoms with Crippen LogP contribution in [0.3, 0.4) is 0 Å². The number of hydrogen-bond acceptors (Lipinski definition) is 3. The van der Waals surface area contributed by atoms with Crippen LogP contribution in [0.25, 0.3) is 0 Å². The molecule has 2 saturated carbocycles. The molecule has 0 aromatic heterocycles. The molecule has 1 aromatic carbocycles. The van der Waals surface area contributed by atoms with Crippen molar-refractivity contribution in [1.29, 1.82) is 0 Å². The van der Waals surface area contributed by atoms with Gasteiger partial charge in [-0.15, -0.1) is 0 Å². The fourth-order valence-corrected chi connectivity index (χ4v) is 6.92. The quantitative estimate of drug-likeness (QED) is 0.749. The fourth-order valence-electron chi connectivity index (χ4n) is 5.05. The third-order valence-electron chi connectivity index (χ3n) is 6.62. The summed E-state index contributed by atoms with van der Waals surface area (Å²) in [7, 11) is -3.44. The predicted octanol–water partition coefficient (Wildman–Crippen LogP) is 3.84. The van der Waals surface area contributed by atoms with E-state index in [1.54, 1.807) is 18.2 Å². The summed E-state index contributed by atoms with van der Waals surface area (Å²) in [6.07, 6.45) is 6.08. The number of piperidine rings is 1. The van der Waals surface area contributed by atoms with Crippen molar-refractivity contribution >= 4 is 39.1 Å². The van der Waals surface area contributed by atoms with Gasteiger partial charge in [-0.25, -0.2) is 12.7 Å². The highest BCUT2D eigenvalue weighted by Crippen LogP contribution is 2.44. The van der Waals surface area contributed by atoms with E-state index in [1.807, 2.05) is 0 Å². The highest BCUT2D eigenvalue weighted by atomic mass is 35.5. The highest BCUT2D eigenvalue weighted by Gasteiger charge is 2.41. The van der Waals surface area contributed by atoms with Gasteiger partial charge in [-0.05, 0) is 61.6 Å². The van der Waals surface area contributed by atoms with Crippen LogP contribution < -0.4 is 5.32 Å². The third-order valence-corrected chi connectivity index (χ3v) is 9.21. The van der Waals surface area contributed by atoms with Crippen molar-refractivity contribution in [2.75, 3.05) is 13.1 Å². The highest BCUT2D eigenvalue weighted by molar-refractivity contribution is 7.88. The molecule has 2 bridgehead atoms. The topological polar surface area (TPSA) is 66.5 Å². The van der Waals surface area contributed by atoms with Gasteiger partial charge >= 0.3 is 0 Å². The van der Waals surface area contributed by atoms with Gasteiger partial charge in [0.1, 0.15) is 0 Å². The number of carbonyl (C=O) groups is 1. The summed E-state index contributed by atoms with van der Waals surface area (Å²) in [5, 5.41) is 4.01. The molecule has 1 N–H and O–H groups in total. The van der Waals surface area contributed by atoms with E-state index in [4.69, 9.17) is 23.2 Å². The first-order valence-corrected chi connectivity index (χ1v) is 12.4. The Bertz CT molecular complexity index is 853. The summed E-state index contributed by atoms with van der Waals surface area (Å²) in [6, 6.07) is 5.22. The molecule has 1 amide bonds. The first kappa shape index (κ1) is 20.5. The number of nitrogens with zero attached hydrogens (tertiary/aromatic N) is 1. The third kappa shape index (κ3) is 4.35. The van der Waals surface area contributed by atoms with E-state index in [0.29, 0.717) is 53.5 Å². The van der Waals surface area contributed by atoms with Gasteiger partial charge in [0.05, 0.1) is 15.8 Å². The molecule has 1 heterocycles. The molecule has 5 nitrogen and oxygen atoms in total. The minimum atomic E-state index is -3.44. The van der Waals surface area contributed by atoms with Crippen LogP contribution in [0, 0.1) is 17.8 Å². The van der Waals surface area contributed by atoms with Crippen LogP contribution in [-0.4, -0.2) is 37.8 Å². The first-order valence-electron chi connectivity index (χ1n) is 10.0.